The molecule has 0 aliphatic carbocycles. The third-order valence-corrected chi connectivity index (χ3v) is 4.20. The van der Waals surface area contributed by atoms with Gasteiger partial charge in [0.1, 0.15) is 0 Å². The monoisotopic (exact) mass is 281 g/mol. The van der Waals surface area contributed by atoms with E-state index in [1.165, 1.54) is 0 Å². The zero-order valence-corrected chi connectivity index (χ0v) is 12.3. The first-order valence-corrected chi connectivity index (χ1v) is 7.26. The van der Waals surface area contributed by atoms with Gasteiger partial charge in [0.15, 0.2) is 0 Å². The first-order chi connectivity index (χ1) is 9.15. The second-order valence-electron chi connectivity index (χ2n) is 5.10. The van der Waals surface area contributed by atoms with E-state index in [1.807, 2.05) is 18.5 Å². The molecule has 0 amide bonds. The molecule has 0 spiro atoms. The maximum Gasteiger partial charge on any atom is 0.0863 e. The molecule has 0 N–H and O–H groups in total. The fraction of sp³-hybridized carbons (Fsp3) is 0.714. The SMILES string of the molecule is CCc1nn(CC)c(CC2(C#N)CCCOC2)c1Cl. The van der Waals surface area contributed by atoms with Gasteiger partial charge in [-0.1, -0.05) is 18.5 Å². The Hall–Kier alpha value is -1.05. The molecular formula is C14H20ClN3O. The average molecular weight is 282 g/mol. The summed E-state index contributed by atoms with van der Waals surface area (Å²) in [6.07, 6.45) is 3.25. The predicted molar refractivity (Wildman–Crippen MR) is 74.1 cm³/mol. The largest absolute Gasteiger partial charge is 0.380 e. The summed E-state index contributed by atoms with van der Waals surface area (Å²) in [6, 6.07) is 2.45. The van der Waals surface area contributed by atoms with Crippen molar-refractivity contribution in [3.8, 4) is 6.07 Å². The van der Waals surface area contributed by atoms with Crippen molar-refractivity contribution in [2.45, 2.75) is 46.1 Å². The summed E-state index contributed by atoms with van der Waals surface area (Å²) in [5.74, 6) is 0. The van der Waals surface area contributed by atoms with E-state index in [0.717, 1.165) is 48.8 Å². The first-order valence-electron chi connectivity index (χ1n) is 6.89. The van der Waals surface area contributed by atoms with Crippen molar-refractivity contribution in [3.63, 3.8) is 0 Å². The van der Waals surface area contributed by atoms with Gasteiger partial charge in [-0.2, -0.15) is 10.4 Å². The van der Waals surface area contributed by atoms with Gasteiger partial charge in [-0.05, 0) is 26.2 Å². The Morgan fingerprint density at radius 1 is 1.53 bits per heavy atom. The van der Waals surface area contributed by atoms with Crippen LogP contribution in [0.4, 0.5) is 0 Å². The molecule has 5 heteroatoms. The summed E-state index contributed by atoms with van der Waals surface area (Å²) in [4.78, 5) is 0. The van der Waals surface area contributed by atoms with Crippen LogP contribution in [-0.2, 0) is 24.1 Å². The van der Waals surface area contributed by atoms with Crippen LogP contribution in [0.1, 0.15) is 38.1 Å². The molecule has 104 valence electrons. The summed E-state index contributed by atoms with van der Waals surface area (Å²) in [5, 5.41) is 14.8. The second-order valence-corrected chi connectivity index (χ2v) is 5.48. The molecular weight excluding hydrogens is 262 g/mol. The number of halogens is 1. The molecule has 1 aliphatic heterocycles. The fourth-order valence-corrected chi connectivity index (χ4v) is 2.96. The fourth-order valence-electron chi connectivity index (χ4n) is 2.63. The Balaban J connectivity index is 2.31. The molecule has 1 saturated heterocycles. The van der Waals surface area contributed by atoms with E-state index in [0.29, 0.717) is 13.0 Å². The Morgan fingerprint density at radius 3 is 2.84 bits per heavy atom. The van der Waals surface area contributed by atoms with Crippen molar-refractivity contribution in [1.29, 1.82) is 5.26 Å². The topological polar surface area (TPSA) is 50.8 Å². The number of aromatic nitrogens is 2. The molecule has 4 nitrogen and oxygen atoms in total. The van der Waals surface area contributed by atoms with Crippen LogP contribution < -0.4 is 0 Å². The molecule has 1 unspecified atom stereocenters. The molecule has 0 radical (unpaired) electrons. The Morgan fingerprint density at radius 2 is 2.32 bits per heavy atom. The highest BCUT2D eigenvalue weighted by atomic mass is 35.5. The minimum atomic E-state index is -0.445. The highest BCUT2D eigenvalue weighted by Crippen LogP contribution is 2.35. The molecule has 1 aliphatic rings. The number of hydrogen-bond donors (Lipinski definition) is 0. The van der Waals surface area contributed by atoms with Crippen LogP contribution in [-0.4, -0.2) is 23.0 Å². The molecule has 1 aromatic rings. The zero-order chi connectivity index (χ0) is 13.9. The van der Waals surface area contributed by atoms with E-state index in [4.69, 9.17) is 16.3 Å². The van der Waals surface area contributed by atoms with E-state index < -0.39 is 5.41 Å². The van der Waals surface area contributed by atoms with Gasteiger partial charge in [0.2, 0.25) is 0 Å². The standard InChI is InChI=1S/C14H20ClN3O/c1-3-11-13(15)12(18(4-2)17-11)8-14(9-16)6-5-7-19-10-14/h3-8,10H2,1-2H3. The minimum Gasteiger partial charge on any atom is -0.380 e. The van der Waals surface area contributed by atoms with Gasteiger partial charge in [-0.15, -0.1) is 0 Å². The Labute approximate surface area is 119 Å². The average Bonchev–Trinajstić information content (AvgIpc) is 2.76. The molecule has 19 heavy (non-hydrogen) atoms. The molecule has 2 heterocycles. The molecule has 1 aromatic heterocycles. The lowest BCUT2D eigenvalue weighted by Gasteiger charge is -2.30. The molecule has 1 fully saturated rings. The lowest BCUT2D eigenvalue weighted by Crippen LogP contribution is -2.33. The van der Waals surface area contributed by atoms with Gasteiger partial charge in [0, 0.05) is 19.6 Å². The van der Waals surface area contributed by atoms with Gasteiger partial charge in [0.05, 0.1) is 34.5 Å². The summed E-state index contributed by atoms with van der Waals surface area (Å²) in [5.41, 5.74) is 1.45. The van der Waals surface area contributed by atoms with Crippen LogP contribution in [0.25, 0.3) is 0 Å². The highest BCUT2D eigenvalue weighted by Gasteiger charge is 2.35. The molecule has 0 bridgehead atoms. The number of nitriles is 1. The van der Waals surface area contributed by atoms with E-state index >= 15 is 0 Å². The summed E-state index contributed by atoms with van der Waals surface area (Å²) >= 11 is 6.41. The van der Waals surface area contributed by atoms with Gasteiger partial charge >= 0.3 is 0 Å². The first kappa shape index (κ1) is 14.4. The quantitative estimate of drug-likeness (QED) is 0.852. The van der Waals surface area contributed by atoms with Gasteiger partial charge in [-0.3, -0.25) is 4.68 Å². The number of hydrogen-bond acceptors (Lipinski definition) is 3. The Bertz CT molecular complexity index is 484. The van der Waals surface area contributed by atoms with Gasteiger partial charge < -0.3 is 4.74 Å². The number of rotatable bonds is 4. The van der Waals surface area contributed by atoms with Crippen LogP contribution >= 0.6 is 11.6 Å². The van der Waals surface area contributed by atoms with Crippen molar-refractivity contribution < 1.29 is 4.74 Å². The van der Waals surface area contributed by atoms with Crippen molar-refractivity contribution in [3.05, 3.63) is 16.4 Å². The van der Waals surface area contributed by atoms with Crippen molar-refractivity contribution in [2.24, 2.45) is 5.41 Å². The summed E-state index contributed by atoms with van der Waals surface area (Å²) in [7, 11) is 0. The summed E-state index contributed by atoms with van der Waals surface area (Å²) < 4.78 is 7.43. The highest BCUT2D eigenvalue weighted by molar-refractivity contribution is 6.31. The molecule has 0 saturated carbocycles. The third-order valence-electron chi connectivity index (χ3n) is 3.76. The predicted octanol–water partition coefficient (Wildman–Crippen LogP) is 2.98. The maximum absolute atomic E-state index is 9.52. The second kappa shape index (κ2) is 5.94. The van der Waals surface area contributed by atoms with Crippen LogP contribution in [0.2, 0.25) is 5.02 Å². The van der Waals surface area contributed by atoms with E-state index in [9.17, 15) is 5.26 Å². The van der Waals surface area contributed by atoms with Gasteiger partial charge in [-0.25, -0.2) is 0 Å². The number of aryl methyl sites for hydroxylation is 2. The Kier molecular flexibility index (Phi) is 4.49. The van der Waals surface area contributed by atoms with Crippen LogP contribution in [0.15, 0.2) is 0 Å². The third kappa shape index (κ3) is 2.77. The molecule has 1 atom stereocenters. The maximum atomic E-state index is 9.52. The number of ether oxygens (including phenoxy) is 1. The van der Waals surface area contributed by atoms with Crippen molar-refractivity contribution in [2.75, 3.05) is 13.2 Å². The smallest absolute Gasteiger partial charge is 0.0863 e. The van der Waals surface area contributed by atoms with Crippen molar-refractivity contribution >= 4 is 11.6 Å². The number of nitrogens with zero attached hydrogens (tertiary/aromatic N) is 3. The van der Waals surface area contributed by atoms with Crippen LogP contribution in [0.5, 0.6) is 0 Å². The van der Waals surface area contributed by atoms with Crippen molar-refractivity contribution in [1.82, 2.24) is 9.78 Å². The van der Waals surface area contributed by atoms with E-state index in [2.05, 4.69) is 11.2 Å². The summed E-state index contributed by atoms with van der Waals surface area (Å²) in [6.45, 7) is 6.11. The normalized spacial score (nSPS) is 23.3. The lowest BCUT2D eigenvalue weighted by molar-refractivity contribution is 0.0215. The zero-order valence-electron chi connectivity index (χ0n) is 11.6. The van der Waals surface area contributed by atoms with E-state index in [-0.39, 0.29) is 0 Å². The lowest BCUT2D eigenvalue weighted by atomic mass is 9.80. The molecule has 2 rings (SSSR count). The molecule has 0 aromatic carbocycles. The van der Waals surface area contributed by atoms with E-state index in [1.54, 1.807) is 0 Å². The van der Waals surface area contributed by atoms with Crippen LogP contribution in [0.3, 0.4) is 0 Å². The van der Waals surface area contributed by atoms with Gasteiger partial charge in [0.25, 0.3) is 0 Å². The minimum absolute atomic E-state index is 0.445. The van der Waals surface area contributed by atoms with Crippen LogP contribution in [0, 0.1) is 16.7 Å².